The van der Waals surface area contributed by atoms with Gasteiger partial charge in [0, 0.05) is 0 Å². The molecule has 1 fully saturated rings. The van der Waals surface area contributed by atoms with Gasteiger partial charge in [-0.2, -0.15) is 0 Å². The van der Waals surface area contributed by atoms with Crippen molar-refractivity contribution >= 4 is 29.6 Å². The maximum atomic E-state index is 4.08. The molecule has 0 nitrogen and oxygen atoms in total. The van der Waals surface area contributed by atoms with E-state index < -0.39 is 8.07 Å². The lowest BCUT2D eigenvalue weighted by Crippen LogP contribution is -2.40. The van der Waals surface area contributed by atoms with Gasteiger partial charge >= 0.3 is 0 Å². The molecule has 2 aliphatic rings. The molecule has 0 heterocycles. The highest BCUT2D eigenvalue weighted by Gasteiger charge is 2.44. The van der Waals surface area contributed by atoms with Gasteiger partial charge in [-0.3, -0.25) is 0 Å². The number of fused-ring (bicyclic) bond motifs is 5. The fraction of sp³-hybridized carbons (Fsp3) is 0.529. The van der Waals surface area contributed by atoms with E-state index in [2.05, 4.69) is 86.6 Å². The molecule has 0 spiro atoms. The molecule has 184 valence electrons. The van der Waals surface area contributed by atoms with E-state index in [1.54, 1.807) is 11.1 Å². The summed E-state index contributed by atoms with van der Waals surface area (Å²) in [6.07, 6.45) is 14.9. The van der Waals surface area contributed by atoms with Crippen LogP contribution in [-0.4, -0.2) is 8.07 Å². The molecule has 35 heavy (non-hydrogen) atoms. The summed E-state index contributed by atoms with van der Waals surface area (Å²) >= 11 is 0. The first-order chi connectivity index (χ1) is 16.9. The summed E-state index contributed by atoms with van der Waals surface area (Å²) in [6.45, 7) is 9.56. The highest BCUT2D eigenvalue weighted by Crippen LogP contribution is 2.51. The molecule has 0 amide bonds. The molecular formula is C34H44Si. The maximum Gasteiger partial charge on any atom is 0.129 e. The van der Waals surface area contributed by atoms with Gasteiger partial charge in [-0.15, -0.1) is 5.54 Å². The molecule has 1 atom stereocenters. The van der Waals surface area contributed by atoms with Crippen molar-refractivity contribution in [3.63, 3.8) is 0 Å². The highest BCUT2D eigenvalue weighted by molar-refractivity contribution is 6.83. The maximum absolute atomic E-state index is 4.08. The van der Waals surface area contributed by atoms with Gasteiger partial charge in [-0.1, -0.05) is 120 Å². The number of hydrogen-bond donors (Lipinski definition) is 0. The van der Waals surface area contributed by atoms with Crippen LogP contribution in [0.5, 0.6) is 0 Å². The predicted molar refractivity (Wildman–Crippen MR) is 157 cm³/mol. The van der Waals surface area contributed by atoms with E-state index in [0.717, 1.165) is 5.92 Å². The summed E-state index contributed by atoms with van der Waals surface area (Å²) in [5.74, 6) is 5.75. The van der Waals surface area contributed by atoms with E-state index in [0.29, 0.717) is 5.92 Å². The largest absolute Gasteiger partial charge is 0.131 e. The van der Waals surface area contributed by atoms with Crippen LogP contribution in [0.25, 0.3) is 21.5 Å². The molecule has 0 aliphatic heterocycles. The third-order valence-electron chi connectivity index (χ3n) is 8.94. The van der Waals surface area contributed by atoms with Crippen molar-refractivity contribution in [2.45, 2.75) is 103 Å². The summed E-state index contributed by atoms with van der Waals surface area (Å²) in [5.41, 5.74) is 7.14. The van der Waals surface area contributed by atoms with E-state index in [4.69, 9.17) is 0 Å². The minimum Gasteiger partial charge on any atom is -0.131 e. The number of hydrogen-bond acceptors (Lipinski definition) is 0. The lowest BCUT2D eigenvalue weighted by molar-refractivity contribution is 0.184. The quantitative estimate of drug-likeness (QED) is 0.147. The lowest BCUT2D eigenvalue weighted by atomic mass is 9.58. The molecule has 1 heteroatoms. The first-order valence-corrected chi connectivity index (χ1v) is 17.9. The van der Waals surface area contributed by atoms with Crippen LogP contribution in [0.15, 0.2) is 48.5 Å². The molecular weight excluding hydrogens is 436 g/mol. The van der Waals surface area contributed by atoms with Crippen molar-refractivity contribution < 1.29 is 0 Å². The third kappa shape index (κ3) is 4.97. The van der Waals surface area contributed by atoms with Crippen molar-refractivity contribution in [2.75, 3.05) is 0 Å². The molecule has 0 bridgehead atoms. The van der Waals surface area contributed by atoms with Crippen LogP contribution >= 0.6 is 0 Å². The molecule has 0 radical (unpaired) electrons. The first-order valence-electron chi connectivity index (χ1n) is 14.4. The van der Waals surface area contributed by atoms with Gasteiger partial charge in [0.15, 0.2) is 0 Å². The summed E-state index contributed by atoms with van der Waals surface area (Å²) in [6, 6.07) is 18.6. The second-order valence-electron chi connectivity index (χ2n) is 12.5. The van der Waals surface area contributed by atoms with Gasteiger partial charge in [-0.05, 0) is 76.6 Å². The molecule has 3 aromatic carbocycles. The topological polar surface area (TPSA) is 0 Å². The van der Waals surface area contributed by atoms with E-state index in [-0.39, 0.29) is 5.41 Å². The standard InChI is InChI=1S/C34H44Si/c1-5-6-7-11-26-15-18-28(19-16-26)34(24-25-35(2,3)4)23-10-14-32-31-20-17-27-12-8-9-13-29(27)30(31)21-22-33(32)34/h8-9,12-13,17,20-22,26,28H,5-7,10-11,14-16,18-19,23H2,1-4H3. The van der Waals surface area contributed by atoms with Crippen molar-refractivity contribution in [2.24, 2.45) is 11.8 Å². The summed E-state index contributed by atoms with van der Waals surface area (Å²) < 4.78 is 0. The minimum atomic E-state index is -1.46. The van der Waals surface area contributed by atoms with Gasteiger partial charge in [0.2, 0.25) is 0 Å². The van der Waals surface area contributed by atoms with E-state index in [1.165, 1.54) is 92.2 Å². The second-order valence-corrected chi connectivity index (χ2v) is 17.3. The Bertz CT molecular complexity index is 1240. The average Bonchev–Trinajstić information content (AvgIpc) is 2.87. The average molecular weight is 481 g/mol. The lowest BCUT2D eigenvalue weighted by Gasteiger charge is -2.45. The van der Waals surface area contributed by atoms with Crippen LogP contribution in [0.4, 0.5) is 0 Å². The van der Waals surface area contributed by atoms with Crippen LogP contribution in [0.2, 0.25) is 19.6 Å². The van der Waals surface area contributed by atoms with Crippen molar-refractivity contribution in [1.82, 2.24) is 0 Å². The van der Waals surface area contributed by atoms with Crippen molar-refractivity contribution in [3.8, 4) is 11.5 Å². The van der Waals surface area contributed by atoms with Gasteiger partial charge in [0.1, 0.15) is 8.07 Å². The molecule has 0 aromatic heterocycles. The van der Waals surface area contributed by atoms with Crippen molar-refractivity contribution in [1.29, 1.82) is 0 Å². The van der Waals surface area contributed by atoms with Gasteiger partial charge in [0.05, 0.1) is 5.41 Å². The molecule has 5 rings (SSSR count). The first kappa shape index (κ1) is 24.6. The fourth-order valence-electron chi connectivity index (χ4n) is 7.10. The Morgan fingerprint density at radius 1 is 0.857 bits per heavy atom. The summed E-state index contributed by atoms with van der Waals surface area (Å²) in [4.78, 5) is 0. The molecule has 0 saturated heterocycles. The molecule has 0 N–H and O–H groups in total. The zero-order valence-corrected chi connectivity index (χ0v) is 23.6. The van der Waals surface area contributed by atoms with E-state index in [1.807, 2.05) is 0 Å². The molecule has 3 aromatic rings. The molecule has 1 saturated carbocycles. The molecule has 1 unspecified atom stereocenters. The van der Waals surface area contributed by atoms with Crippen LogP contribution in [-0.2, 0) is 11.8 Å². The number of benzene rings is 3. The van der Waals surface area contributed by atoms with Crippen LogP contribution in [0, 0.1) is 23.3 Å². The van der Waals surface area contributed by atoms with Crippen LogP contribution < -0.4 is 0 Å². The van der Waals surface area contributed by atoms with Crippen LogP contribution in [0.3, 0.4) is 0 Å². The SMILES string of the molecule is CCCCCC1CCC(C2(C#C[Si](C)(C)C)CCCc3c2ccc2c3ccc3ccccc32)CC1. The minimum absolute atomic E-state index is 0.0576. The Morgan fingerprint density at radius 2 is 1.63 bits per heavy atom. The zero-order chi connectivity index (χ0) is 24.5. The normalized spacial score (nSPS) is 24.7. The van der Waals surface area contributed by atoms with Crippen molar-refractivity contribution in [3.05, 3.63) is 59.7 Å². The number of unbranched alkanes of at least 4 members (excludes halogenated alkanes) is 2. The zero-order valence-electron chi connectivity index (χ0n) is 22.6. The van der Waals surface area contributed by atoms with Gasteiger partial charge < -0.3 is 0 Å². The number of aryl methyl sites for hydroxylation is 1. The Kier molecular flexibility index (Phi) is 7.14. The monoisotopic (exact) mass is 480 g/mol. The van der Waals surface area contributed by atoms with Gasteiger partial charge in [-0.25, -0.2) is 0 Å². The Hall–Kier alpha value is -2.04. The Labute approximate surface area is 214 Å². The predicted octanol–water partition coefficient (Wildman–Crippen LogP) is 9.83. The Morgan fingerprint density at radius 3 is 2.40 bits per heavy atom. The second kappa shape index (κ2) is 10.1. The van der Waals surface area contributed by atoms with E-state index >= 15 is 0 Å². The fourth-order valence-corrected chi connectivity index (χ4v) is 7.70. The molecule has 2 aliphatic carbocycles. The number of rotatable bonds is 5. The smallest absolute Gasteiger partial charge is 0.129 e. The van der Waals surface area contributed by atoms with E-state index in [9.17, 15) is 0 Å². The third-order valence-corrected chi connectivity index (χ3v) is 9.81. The summed E-state index contributed by atoms with van der Waals surface area (Å²) in [5, 5.41) is 5.65. The van der Waals surface area contributed by atoms with Crippen LogP contribution in [0.1, 0.15) is 82.3 Å². The summed E-state index contributed by atoms with van der Waals surface area (Å²) in [7, 11) is -1.46. The van der Waals surface area contributed by atoms with Gasteiger partial charge in [0.25, 0.3) is 0 Å². The Balaban J connectivity index is 1.57. The highest BCUT2D eigenvalue weighted by atomic mass is 28.3.